The monoisotopic (exact) mass is 297 g/mol. The van der Waals surface area contributed by atoms with E-state index in [1.165, 1.54) is 7.05 Å². The van der Waals surface area contributed by atoms with Gasteiger partial charge in [-0.2, -0.15) is 0 Å². The number of halogens is 3. The summed E-state index contributed by atoms with van der Waals surface area (Å²) in [5, 5.41) is 2.34. The molecule has 13 heavy (non-hydrogen) atoms. The first-order chi connectivity index (χ1) is 6.06. The Morgan fingerprint density at radius 1 is 1.38 bits per heavy atom. The van der Waals surface area contributed by atoms with Crippen molar-refractivity contribution >= 4 is 28.5 Å². The zero-order chi connectivity index (χ0) is 10.0. The molecule has 0 aliphatic rings. The van der Waals surface area contributed by atoms with Crippen LogP contribution in [-0.2, 0) is 0 Å². The highest BCUT2D eigenvalue weighted by Crippen LogP contribution is 2.16. The van der Waals surface area contributed by atoms with Crippen molar-refractivity contribution in [2.24, 2.45) is 0 Å². The van der Waals surface area contributed by atoms with Crippen LogP contribution in [0.1, 0.15) is 10.4 Å². The summed E-state index contributed by atoms with van der Waals surface area (Å²) in [4.78, 5) is 11.1. The summed E-state index contributed by atoms with van der Waals surface area (Å²) >= 11 is 1.77. The highest BCUT2D eigenvalue weighted by atomic mass is 127. The summed E-state index contributed by atoms with van der Waals surface area (Å²) in [6, 6.07) is 1.87. The summed E-state index contributed by atoms with van der Waals surface area (Å²) in [5.74, 6) is -2.39. The lowest BCUT2D eigenvalue weighted by molar-refractivity contribution is 0.0961. The third-order valence-corrected chi connectivity index (χ3v) is 2.37. The van der Waals surface area contributed by atoms with Gasteiger partial charge in [-0.15, -0.1) is 0 Å². The van der Waals surface area contributed by atoms with E-state index in [4.69, 9.17) is 0 Å². The maximum absolute atomic E-state index is 12.7. The van der Waals surface area contributed by atoms with Gasteiger partial charge in [0, 0.05) is 10.6 Å². The quantitative estimate of drug-likeness (QED) is 0.623. The van der Waals surface area contributed by atoms with Crippen molar-refractivity contribution in [1.29, 1.82) is 0 Å². The minimum atomic E-state index is -1.01. The van der Waals surface area contributed by atoms with Crippen molar-refractivity contribution in [3.05, 3.63) is 32.9 Å². The van der Waals surface area contributed by atoms with Crippen molar-refractivity contribution in [2.45, 2.75) is 0 Å². The van der Waals surface area contributed by atoms with Crippen LogP contribution in [-0.4, -0.2) is 13.0 Å². The predicted octanol–water partition coefficient (Wildman–Crippen LogP) is 1.93. The van der Waals surface area contributed by atoms with E-state index in [-0.39, 0.29) is 5.56 Å². The fourth-order valence-corrected chi connectivity index (χ4v) is 1.51. The maximum Gasteiger partial charge on any atom is 0.252 e. The molecule has 0 atom stereocenters. The molecule has 1 amide bonds. The summed E-state index contributed by atoms with van der Waals surface area (Å²) in [6.45, 7) is 0. The Hall–Kier alpha value is -0.720. The van der Waals surface area contributed by atoms with Gasteiger partial charge in [-0.25, -0.2) is 8.78 Å². The Kier molecular flexibility index (Phi) is 3.18. The van der Waals surface area contributed by atoms with Gasteiger partial charge in [0.05, 0.1) is 5.56 Å². The molecule has 0 bridgehead atoms. The van der Waals surface area contributed by atoms with Gasteiger partial charge in [0.25, 0.3) is 5.91 Å². The number of benzene rings is 1. The van der Waals surface area contributed by atoms with Crippen LogP contribution in [0.15, 0.2) is 12.1 Å². The molecule has 0 aliphatic carbocycles. The average molecular weight is 297 g/mol. The zero-order valence-corrected chi connectivity index (χ0v) is 8.85. The normalized spacial score (nSPS) is 9.85. The van der Waals surface area contributed by atoms with Crippen LogP contribution in [0.5, 0.6) is 0 Å². The van der Waals surface area contributed by atoms with Crippen molar-refractivity contribution in [1.82, 2.24) is 5.32 Å². The number of carbonyl (C=O) groups is 1. The molecule has 0 aromatic heterocycles. The van der Waals surface area contributed by atoms with E-state index in [9.17, 15) is 13.6 Å². The first kappa shape index (κ1) is 10.4. The van der Waals surface area contributed by atoms with E-state index < -0.39 is 17.5 Å². The van der Waals surface area contributed by atoms with E-state index >= 15 is 0 Å². The van der Waals surface area contributed by atoms with E-state index in [2.05, 4.69) is 5.32 Å². The third-order valence-electron chi connectivity index (χ3n) is 1.48. The SMILES string of the molecule is CNC(=O)c1cc(F)c(F)cc1I. The lowest BCUT2D eigenvalue weighted by Gasteiger charge is -2.03. The molecule has 0 unspecified atom stereocenters. The molecule has 0 saturated heterocycles. The molecule has 5 heteroatoms. The van der Waals surface area contributed by atoms with Crippen molar-refractivity contribution < 1.29 is 13.6 Å². The van der Waals surface area contributed by atoms with Crippen LogP contribution in [0, 0.1) is 15.2 Å². The van der Waals surface area contributed by atoms with E-state index in [1.807, 2.05) is 0 Å². The Morgan fingerprint density at radius 3 is 2.46 bits per heavy atom. The van der Waals surface area contributed by atoms with E-state index in [0.29, 0.717) is 3.57 Å². The van der Waals surface area contributed by atoms with Gasteiger partial charge in [-0.3, -0.25) is 4.79 Å². The van der Waals surface area contributed by atoms with Gasteiger partial charge in [-0.05, 0) is 34.7 Å². The molecule has 1 N–H and O–H groups in total. The molecule has 2 nitrogen and oxygen atoms in total. The second kappa shape index (κ2) is 3.99. The number of carbonyl (C=O) groups excluding carboxylic acids is 1. The van der Waals surface area contributed by atoms with E-state index in [0.717, 1.165) is 12.1 Å². The maximum atomic E-state index is 12.7. The summed E-state index contributed by atoms with van der Waals surface area (Å²) in [6.07, 6.45) is 0. The van der Waals surface area contributed by atoms with Crippen molar-refractivity contribution in [3.63, 3.8) is 0 Å². The van der Waals surface area contributed by atoms with Crippen molar-refractivity contribution in [2.75, 3.05) is 7.05 Å². The number of amides is 1. The van der Waals surface area contributed by atoms with Crippen LogP contribution in [0.3, 0.4) is 0 Å². The largest absolute Gasteiger partial charge is 0.355 e. The predicted molar refractivity (Wildman–Crippen MR) is 52.5 cm³/mol. The Balaban J connectivity index is 3.23. The molecule has 0 aliphatic heterocycles. The molecule has 70 valence electrons. The van der Waals surface area contributed by atoms with E-state index in [1.54, 1.807) is 22.6 Å². The molecular weight excluding hydrogens is 291 g/mol. The summed E-state index contributed by atoms with van der Waals surface area (Å²) in [7, 11) is 1.43. The smallest absolute Gasteiger partial charge is 0.252 e. The molecule has 0 saturated carbocycles. The minimum absolute atomic E-state index is 0.141. The number of rotatable bonds is 1. The molecule has 0 fully saturated rings. The van der Waals surface area contributed by atoms with Gasteiger partial charge in [-0.1, -0.05) is 0 Å². The Bertz CT molecular complexity index is 354. The highest BCUT2D eigenvalue weighted by molar-refractivity contribution is 14.1. The van der Waals surface area contributed by atoms with Gasteiger partial charge < -0.3 is 5.32 Å². The first-order valence-corrected chi connectivity index (χ1v) is 4.50. The van der Waals surface area contributed by atoms with Gasteiger partial charge >= 0.3 is 0 Å². The van der Waals surface area contributed by atoms with Gasteiger partial charge in [0.15, 0.2) is 11.6 Å². The second-order valence-corrected chi connectivity index (χ2v) is 3.49. The van der Waals surface area contributed by atoms with Gasteiger partial charge in [0.2, 0.25) is 0 Å². The van der Waals surface area contributed by atoms with Crippen molar-refractivity contribution in [3.8, 4) is 0 Å². The Labute approximate surface area is 87.5 Å². The molecule has 1 aromatic rings. The average Bonchev–Trinajstić information content (AvgIpc) is 2.10. The minimum Gasteiger partial charge on any atom is -0.355 e. The van der Waals surface area contributed by atoms with Crippen LogP contribution < -0.4 is 5.32 Å². The molecular formula is C8H6F2INO. The molecule has 1 rings (SSSR count). The third kappa shape index (κ3) is 2.15. The lowest BCUT2D eigenvalue weighted by Crippen LogP contribution is -2.19. The molecule has 1 aromatic carbocycles. The lowest BCUT2D eigenvalue weighted by atomic mass is 10.2. The van der Waals surface area contributed by atoms with Gasteiger partial charge in [0.1, 0.15) is 0 Å². The molecule has 0 heterocycles. The Morgan fingerprint density at radius 2 is 1.92 bits per heavy atom. The topological polar surface area (TPSA) is 29.1 Å². The highest BCUT2D eigenvalue weighted by Gasteiger charge is 2.12. The number of hydrogen-bond acceptors (Lipinski definition) is 1. The number of hydrogen-bond donors (Lipinski definition) is 1. The van der Waals surface area contributed by atoms with Crippen LogP contribution in [0.2, 0.25) is 0 Å². The first-order valence-electron chi connectivity index (χ1n) is 3.43. The second-order valence-electron chi connectivity index (χ2n) is 2.33. The molecule has 0 radical (unpaired) electrons. The number of nitrogens with one attached hydrogen (secondary N) is 1. The fourth-order valence-electron chi connectivity index (χ4n) is 0.831. The fraction of sp³-hybridized carbons (Fsp3) is 0.125. The zero-order valence-electron chi connectivity index (χ0n) is 6.70. The van der Waals surface area contributed by atoms with Crippen LogP contribution in [0.25, 0.3) is 0 Å². The molecule has 0 spiro atoms. The van der Waals surface area contributed by atoms with Crippen LogP contribution in [0.4, 0.5) is 8.78 Å². The summed E-state index contributed by atoms with van der Waals surface area (Å²) in [5.41, 5.74) is 0.141. The summed E-state index contributed by atoms with van der Waals surface area (Å²) < 4.78 is 25.7. The van der Waals surface area contributed by atoms with Crippen LogP contribution >= 0.6 is 22.6 Å². The standard InChI is InChI=1S/C8H6F2INO/c1-12-8(13)4-2-5(9)6(10)3-7(4)11/h2-3H,1H3,(H,12,13).